The molecule has 9 nitrogen and oxygen atoms in total. The second kappa shape index (κ2) is 11.7. The van der Waals surface area contributed by atoms with Gasteiger partial charge in [0.25, 0.3) is 5.89 Å². The molecule has 0 bridgehead atoms. The minimum Gasteiger partial charge on any atom is -0.434 e. The Morgan fingerprint density at radius 3 is 2.64 bits per heavy atom. The number of hydrogen-bond acceptors (Lipinski definition) is 8. The van der Waals surface area contributed by atoms with Gasteiger partial charge in [0.05, 0.1) is 17.8 Å². The molecule has 2 aromatic rings. The number of fused-ring (bicyclic) bond motifs is 1. The number of unbranched alkanes of at least 4 members (excludes halogenated alkanes) is 1. The minimum absolute atomic E-state index is 0.0738. The third kappa shape index (κ3) is 7.09. The van der Waals surface area contributed by atoms with E-state index in [1.807, 2.05) is 12.1 Å². The summed E-state index contributed by atoms with van der Waals surface area (Å²) in [5, 5.41) is 13.5. The maximum Gasteiger partial charge on any atom is 0.264 e. The van der Waals surface area contributed by atoms with E-state index >= 15 is 0 Å². The number of carbonyl (C=O) groups is 2. The van der Waals surface area contributed by atoms with Gasteiger partial charge in [-0.3, -0.25) is 9.59 Å². The second-order valence-electron chi connectivity index (χ2n) is 8.40. The number of sulfone groups is 1. The van der Waals surface area contributed by atoms with Crippen LogP contribution in [0.2, 0.25) is 0 Å². The molecule has 182 valence electrons. The van der Waals surface area contributed by atoms with E-state index in [4.69, 9.17) is 9.15 Å². The molecule has 1 saturated heterocycles. The van der Waals surface area contributed by atoms with Crippen LogP contribution in [-0.4, -0.2) is 67.6 Å². The van der Waals surface area contributed by atoms with Gasteiger partial charge in [-0.25, -0.2) is 13.4 Å². The zero-order chi connectivity index (χ0) is 23.8. The second-order valence-corrected chi connectivity index (χ2v) is 10.8. The molecule has 2 atom stereocenters. The van der Waals surface area contributed by atoms with E-state index in [1.54, 1.807) is 12.1 Å². The lowest BCUT2D eigenvalue weighted by Gasteiger charge is -2.31. The Morgan fingerprint density at radius 2 is 1.94 bits per heavy atom. The summed E-state index contributed by atoms with van der Waals surface area (Å²) in [6.07, 6.45) is 1.40. The van der Waals surface area contributed by atoms with Gasteiger partial charge in [-0.2, -0.15) is 0 Å². The van der Waals surface area contributed by atoms with Crippen LogP contribution in [0, 0.1) is 11.8 Å². The Bertz CT molecular complexity index is 1010. The van der Waals surface area contributed by atoms with Gasteiger partial charge < -0.3 is 19.6 Å². The number of aliphatic hydroxyl groups is 1. The number of Topliss-reactive ketones (excluding diaryl/α,β-unsaturated/α-hetero) is 1. The van der Waals surface area contributed by atoms with Crippen molar-refractivity contribution in [3.05, 3.63) is 30.2 Å². The third-order valence-corrected chi connectivity index (χ3v) is 7.78. The normalized spacial score (nSPS) is 17.0. The number of aromatic nitrogens is 1. The number of ether oxygens (including phenoxy) is 1. The number of rotatable bonds is 12. The average Bonchev–Trinajstić information content (AvgIpc) is 3.27. The number of nitrogens with one attached hydrogen (secondary N) is 1. The number of hydrogen-bond donors (Lipinski definition) is 2. The van der Waals surface area contributed by atoms with Crippen molar-refractivity contribution in [3.8, 4) is 0 Å². The molecule has 0 radical (unpaired) electrons. The molecule has 1 aromatic carbocycles. The summed E-state index contributed by atoms with van der Waals surface area (Å²) in [5.41, 5.74) is 1.19. The third-order valence-electron chi connectivity index (χ3n) is 6.03. The molecule has 3 rings (SSSR count). The first kappa shape index (κ1) is 25.3. The van der Waals surface area contributed by atoms with Gasteiger partial charge in [0.15, 0.2) is 15.4 Å². The van der Waals surface area contributed by atoms with Crippen molar-refractivity contribution in [2.24, 2.45) is 11.8 Å². The van der Waals surface area contributed by atoms with Gasteiger partial charge in [-0.15, -0.1) is 0 Å². The maximum atomic E-state index is 12.8. The number of ketones is 1. The largest absolute Gasteiger partial charge is 0.434 e. The van der Waals surface area contributed by atoms with Gasteiger partial charge in [0.2, 0.25) is 11.7 Å². The molecule has 1 aromatic heterocycles. The van der Waals surface area contributed by atoms with E-state index in [1.165, 1.54) is 6.92 Å². The molecule has 0 spiro atoms. The van der Waals surface area contributed by atoms with Crippen molar-refractivity contribution >= 4 is 32.6 Å². The standard InChI is InChI=1S/C23H32N2O7S/c1-2-33(29,30)15-17(21(27)16-10-13-31-14-11-16)22(28)24-12-6-5-8-19(26)23-25-18-7-3-4-9-20(18)32-23/h3-4,7,9,16-17,21,27H,2,5-6,8,10-15H2,1H3,(H,24,28). The van der Waals surface area contributed by atoms with Crippen molar-refractivity contribution in [1.82, 2.24) is 10.3 Å². The fraction of sp³-hybridized carbons (Fsp3) is 0.609. The van der Waals surface area contributed by atoms with Crippen LogP contribution in [0.3, 0.4) is 0 Å². The lowest BCUT2D eigenvalue weighted by atomic mass is 9.86. The molecule has 1 aliphatic rings. The predicted molar refractivity (Wildman–Crippen MR) is 123 cm³/mol. The van der Waals surface area contributed by atoms with E-state index < -0.39 is 27.8 Å². The summed E-state index contributed by atoms with van der Waals surface area (Å²) >= 11 is 0. The van der Waals surface area contributed by atoms with E-state index in [0.29, 0.717) is 50.0 Å². The first-order chi connectivity index (χ1) is 15.8. The van der Waals surface area contributed by atoms with Crippen LogP contribution in [0.5, 0.6) is 0 Å². The molecule has 33 heavy (non-hydrogen) atoms. The summed E-state index contributed by atoms with van der Waals surface area (Å²) in [6, 6.07) is 7.15. The van der Waals surface area contributed by atoms with Gasteiger partial charge >= 0.3 is 0 Å². The Labute approximate surface area is 193 Å². The quantitative estimate of drug-likeness (QED) is 0.348. The SMILES string of the molecule is CCS(=O)(=O)CC(C(=O)NCCCCC(=O)c1nc2ccccc2o1)C(O)C1CCOCC1. The van der Waals surface area contributed by atoms with E-state index in [0.717, 1.165) is 0 Å². The summed E-state index contributed by atoms with van der Waals surface area (Å²) in [7, 11) is -3.45. The molecule has 10 heteroatoms. The maximum absolute atomic E-state index is 12.8. The molecular weight excluding hydrogens is 448 g/mol. The predicted octanol–water partition coefficient (Wildman–Crippen LogP) is 2.14. The Kier molecular flexibility index (Phi) is 8.99. The topological polar surface area (TPSA) is 136 Å². The highest BCUT2D eigenvalue weighted by Crippen LogP contribution is 2.25. The highest BCUT2D eigenvalue weighted by Gasteiger charge is 2.36. The highest BCUT2D eigenvalue weighted by atomic mass is 32.2. The first-order valence-corrected chi connectivity index (χ1v) is 13.3. The monoisotopic (exact) mass is 480 g/mol. The van der Waals surface area contributed by atoms with E-state index in [9.17, 15) is 23.1 Å². The van der Waals surface area contributed by atoms with Crippen molar-refractivity contribution in [2.45, 2.75) is 45.1 Å². The van der Waals surface area contributed by atoms with Crippen molar-refractivity contribution in [2.75, 3.05) is 31.3 Å². The molecule has 1 fully saturated rings. The number of nitrogens with zero attached hydrogens (tertiary/aromatic N) is 1. The summed E-state index contributed by atoms with van der Waals surface area (Å²) in [6.45, 7) is 2.79. The zero-order valence-corrected chi connectivity index (χ0v) is 19.7. The first-order valence-electron chi connectivity index (χ1n) is 11.4. The molecule has 1 amide bonds. The molecule has 2 N–H and O–H groups in total. The van der Waals surface area contributed by atoms with Crippen LogP contribution in [0.15, 0.2) is 28.7 Å². The fourth-order valence-corrected chi connectivity index (χ4v) is 5.09. The number of aliphatic hydroxyl groups excluding tert-OH is 1. The van der Waals surface area contributed by atoms with Crippen LogP contribution in [-0.2, 0) is 19.4 Å². The number of amides is 1. The molecule has 0 aliphatic carbocycles. The lowest BCUT2D eigenvalue weighted by Crippen LogP contribution is -2.46. The van der Waals surface area contributed by atoms with Crippen molar-refractivity contribution in [1.29, 1.82) is 0 Å². The number of oxazole rings is 1. The van der Waals surface area contributed by atoms with Crippen LogP contribution in [0.25, 0.3) is 11.1 Å². The number of carbonyl (C=O) groups excluding carboxylic acids is 2. The van der Waals surface area contributed by atoms with Crippen LogP contribution in [0.4, 0.5) is 0 Å². The Morgan fingerprint density at radius 1 is 1.21 bits per heavy atom. The van der Waals surface area contributed by atoms with Gasteiger partial charge in [-0.05, 0) is 43.7 Å². The van der Waals surface area contributed by atoms with Crippen LogP contribution in [0.1, 0.15) is 49.7 Å². The summed E-state index contributed by atoms with van der Waals surface area (Å²) in [5.74, 6) is -2.28. The number of para-hydroxylation sites is 2. The van der Waals surface area contributed by atoms with E-state index in [-0.39, 0.29) is 42.1 Å². The molecule has 2 heterocycles. The fourth-order valence-electron chi connectivity index (χ4n) is 3.96. The zero-order valence-electron chi connectivity index (χ0n) is 18.9. The average molecular weight is 481 g/mol. The van der Waals surface area contributed by atoms with Crippen LogP contribution >= 0.6 is 0 Å². The molecule has 1 aliphatic heterocycles. The molecule has 0 saturated carbocycles. The van der Waals surface area contributed by atoms with Gasteiger partial charge in [0, 0.05) is 31.9 Å². The highest BCUT2D eigenvalue weighted by molar-refractivity contribution is 7.91. The molecule has 2 unspecified atom stereocenters. The van der Waals surface area contributed by atoms with Crippen molar-refractivity contribution < 1.29 is 32.3 Å². The summed E-state index contributed by atoms with van der Waals surface area (Å²) < 4.78 is 35.1. The van der Waals surface area contributed by atoms with E-state index in [2.05, 4.69) is 10.3 Å². The Hall–Kier alpha value is -2.30. The smallest absolute Gasteiger partial charge is 0.264 e. The van der Waals surface area contributed by atoms with Crippen LogP contribution < -0.4 is 5.32 Å². The Balaban J connectivity index is 1.48. The minimum atomic E-state index is -3.45. The van der Waals surface area contributed by atoms with Gasteiger partial charge in [-0.1, -0.05) is 19.1 Å². The number of benzene rings is 1. The van der Waals surface area contributed by atoms with Gasteiger partial charge in [0.1, 0.15) is 5.52 Å². The van der Waals surface area contributed by atoms with Crippen molar-refractivity contribution in [3.63, 3.8) is 0 Å². The molecular formula is C23H32N2O7S. The summed E-state index contributed by atoms with van der Waals surface area (Å²) in [4.78, 5) is 29.3. The lowest BCUT2D eigenvalue weighted by molar-refractivity contribution is -0.130.